The van der Waals surface area contributed by atoms with Gasteiger partial charge in [-0.2, -0.15) is 0 Å². The number of carbonyl (C=O) groups is 2. The normalized spacial score (nSPS) is 24.8. The van der Waals surface area contributed by atoms with Gasteiger partial charge >= 0.3 is 0 Å². The maximum Gasteiger partial charge on any atom is 0.263 e. The number of imide groups is 1. The molecule has 0 aromatic heterocycles. The summed E-state index contributed by atoms with van der Waals surface area (Å²) in [5.41, 5.74) is -0.874. The van der Waals surface area contributed by atoms with Gasteiger partial charge in [0.2, 0.25) is 0 Å². The number of halogens is 1. The van der Waals surface area contributed by atoms with Crippen molar-refractivity contribution in [1.82, 2.24) is 4.90 Å². The fraction of sp³-hybridized carbons (Fsp3) is 0.579. The van der Waals surface area contributed by atoms with Crippen molar-refractivity contribution in [3.8, 4) is 0 Å². The molecule has 138 valence electrons. The number of likely N-dealkylation sites (tertiary alicyclic amines) is 1. The molecule has 25 heavy (non-hydrogen) atoms. The summed E-state index contributed by atoms with van der Waals surface area (Å²) in [6.07, 6.45) is -1.35. The average Bonchev–Trinajstić information content (AvgIpc) is 2.63. The first-order valence-electron chi connectivity index (χ1n) is 9.03. The van der Waals surface area contributed by atoms with Gasteiger partial charge in [0.1, 0.15) is 12.2 Å². The zero-order valence-electron chi connectivity index (χ0n) is 15.7. The highest BCUT2D eigenvalue weighted by Gasteiger charge is 2.65. The number of hydrogen-bond donors (Lipinski definition) is 0. The van der Waals surface area contributed by atoms with E-state index in [2.05, 4.69) is 20.8 Å². The summed E-state index contributed by atoms with van der Waals surface area (Å²) in [7, 11) is -2.12. The minimum atomic E-state index is -2.12. The predicted molar refractivity (Wildman–Crippen MR) is 98.7 cm³/mol. The summed E-state index contributed by atoms with van der Waals surface area (Å²) >= 11 is 0. The molecule has 3 atom stereocenters. The Hall–Kier alpha value is -1.53. The SMILES string of the molecule is CC[Si](CC)(CC)O[C@@]1(C)C(=O)N(C(=O)c2ccccc2)[C@H]1[C@H](C)F. The number of nitrogens with zero attached hydrogens (tertiary/aromatic N) is 1. The van der Waals surface area contributed by atoms with Gasteiger partial charge in [-0.3, -0.25) is 14.5 Å². The van der Waals surface area contributed by atoms with Crippen LogP contribution in [0.1, 0.15) is 45.0 Å². The Morgan fingerprint density at radius 1 is 1.24 bits per heavy atom. The average molecular weight is 366 g/mol. The predicted octanol–water partition coefficient (Wildman–Crippen LogP) is 4.18. The van der Waals surface area contributed by atoms with Gasteiger partial charge in [-0.05, 0) is 44.1 Å². The van der Waals surface area contributed by atoms with Gasteiger partial charge in [0.05, 0.1) is 0 Å². The molecule has 0 N–H and O–H groups in total. The van der Waals surface area contributed by atoms with Crippen LogP contribution < -0.4 is 0 Å². The molecule has 0 aliphatic carbocycles. The number of β-lactam (4-membered cyclic amide) rings is 1. The Morgan fingerprint density at radius 3 is 2.20 bits per heavy atom. The first kappa shape index (κ1) is 19.8. The Labute approximate surface area is 150 Å². The zero-order valence-corrected chi connectivity index (χ0v) is 16.7. The van der Waals surface area contributed by atoms with Crippen LogP contribution in [-0.2, 0) is 9.22 Å². The molecule has 6 heteroatoms. The van der Waals surface area contributed by atoms with E-state index in [1.807, 2.05) is 0 Å². The number of carbonyl (C=O) groups excluding carboxylic acids is 2. The van der Waals surface area contributed by atoms with Crippen LogP contribution in [0.2, 0.25) is 18.1 Å². The van der Waals surface area contributed by atoms with Crippen LogP contribution in [0.3, 0.4) is 0 Å². The topological polar surface area (TPSA) is 46.6 Å². The van der Waals surface area contributed by atoms with E-state index in [0.29, 0.717) is 5.56 Å². The van der Waals surface area contributed by atoms with Crippen LogP contribution in [0.4, 0.5) is 4.39 Å². The Kier molecular flexibility index (Phi) is 5.84. The lowest BCUT2D eigenvalue weighted by Crippen LogP contribution is -2.79. The number of amides is 2. The molecule has 0 saturated carbocycles. The minimum Gasteiger partial charge on any atom is -0.401 e. The molecule has 1 aromatic rings. The Balaban J connectivity index is 2.33. The summed E-state index contributed by atoms with van der Waals surface area (Å²) in [5, 5.41) is 0. The van der Waals surface area contributed by atoms with Crippen LogP contribution in [-0.4, -0.2) is 42.8 Å². The van der Waals surface area contributed by atoms with Gasteiger partial charge in [-0.1, -0.05) is 39.0 Å². The molecule has 2 amide bonds. The van der Waals surface area contributed by atoms with Crippen LogP contribution >= 0.6 is 0 Å². The van der Waals surface area contributed by atoms with Crippen molar-refractivity contribution in [1.29, 1.82) is 0 Å². The molecule has 1 heterocycles. The van der Waals surface area contributed by atoms with Crippen molar-refractivity contribution in [2.75, 3.05) is 0 Å². The number of hydrogen-bond acceptors (Lipinski definition) is 3. The number of rotatable bonds is 7. The molecule has 1 fully saturated rings. The third kappa shape index (κ3) is 3.29. The van der Waals surface area contributed by atoms with E-state index in [-0.39, 0.29) is 0 Å². The molecule has 0 bridgehead atoms. The molecule has 2 rings (SSSR count). The smallest absolute Gasteiger partial charge is 0.263 e. The zero-order chi connectivity index (χ0) is 18.8. The highest BCUT2D eigenvalue weighted by molar-refractivity contribution is 6.73. The van der Waals surface area contributed by atoms with E-state index in [4.69, 9.17) is 4.43 Å². The summed E-state index contributed by atoms with van der Waals surface area (Å²) in [6, 6.07) is 10.2. The van der Waals surface area contributed by atoms with Gasteiger partial charge in [0.15, 0.2) is 13.9 Å². The first-order valence-corrected chi connectivity index (χ1v) is 11.6. The third-order valence-electron chi connectivity index (χ3n) is 5.52. The Bertz CT molecular complexity index is 625. The van der Waals surface area contributed by atoms with Crippen molar-refractivity contribution in [3.05, 3.63) is 35.9 Å². The number of alkyl halides is 1. The quantitative estimate of drug-likeness (QED) is 0.414. The summed E-state index contributed by atoms with van der Waals surface area (Å²) in [6.45, 7) is 9.22. The van der Waals surface area contributed by atoms with Crippen LogP contribution in [0, 0.1) is 0 Å². The van der Waals surface area contributed by atoms with E-state index in [0.717, 1.165) is 23.0 Å². The highest BCUT2D eigenvalue weighted by atomic mass is 28.4. The maximum absolute atomic E-state index is 14.4. The first-order chi connectivity index (χ1) is 11.8. The molecule has 1 aromatic carbocycles. The molecule has 0 radical (unpaired) electrons. The number of benzene rings is 1. The van der Waals surface area contributed by atoms with Gasteiger partial charge in [0, 0.05) is 5.56 Å². The third-order valence-corrected chi connectivity index (χ3v) is 10.2. The second kappa shape index (κ2) is 7.38. The molecular formula is C19H28FNO3Si. The fourth-order valence-electron chi connectivity index (χ4n) is 3.77. The van der Waals surface area contributed by atoms with Crippen molar-refractivity contribution in [2.45, 2.75) is 70.6 Å². The van der Waals surface area contributed by atoms with Crippen LogP contribution in [0.5, 0.6) is 0 Å². The molecule has 4 nitrogen and oxygen atoms in total. The fourth-order valence-corrected chi connectivity index (χ4v) is 6.82. The molecular weight excluding hydrogens is 337 g/mol. The lowest BCUT2D eigenvalue weighted by molar-refractivity contribution is -0.182. The molecule has 1 aliphatic heterocycles. The van der Waals surface area contributed by atoms with Crippen molar-refractivity contribution in [2.24, 2.45) is 0 Å². The second-order valence-corrected chi connectivity index (χ2v) is 11.6. The lowest BCUT2D eigenvalue weighted by atomic mass is 9.80. The van der Waals surface area contributed by atoms with Crippen LogP contribution in [0.25, 0.3) is 0 Å². The van der Waals surface area contributed by atoms with Gasteiger partial charge in [-0.25, -0.2) is 4.39 Å². The highest BCUT2D eigenvalue weighted by Crippen LogP contribution is 2.42. The van der Waals surface area contributed by atoms with E-state index in [9.17, 15) is 14.0 Å². The van der Waals surface area contributed by atoms with E-state index in [1.165, 1.54) is 6.92 Å². The van der Waals surface area contributed by atoms with Gasteiger partial charge < -0.3 is 4.43 Å². The molecule has 1 saturated heterocycles. The summed E-state index contributed by atoms with van der Waals surface area (Å²) in [4.78, 5) is 26.6. The standard InChI is InChI=1S/C19H28FNO3Si/c1-6-25(7-2,8-3)24-19(5)16(14(4)20)21(18(19)23)17(22)15-12-10-9-11-13-15/h9-14,16H,6-8H2,1-5H3/t14-,16-,19+/m0/s1. The second-order valence-electron chi connectivity index (χ2n) is 6.92. The van der Waals surface area contributed by atoms with Crippen molar-refractivity contribution < 1.29 is 18.4 Å². The minimum absolute atomic E-state index is 0.383. The van der Waals surface area contributed by atoms with Gasteiger partial charge in [-0.15, -0.1) is 0 Å². The summed E-state index contributed by atoms with van der Waals surface area (Å²) in [5.74, 6) is -0.888. The van der Waals surface area contributed by atoms with E-state index < -0.39 is 37.9 Å². The lowest BCUT2D eigenvalue weighted by Gasteiger charge is -2.56. The van der Waals surface area contributed by atoms with Crippen LogP contribution in [0.15, 0.2) is 30.3 Å². The monoisotopic (exact) mass is 365 g/mol. The maximum atomic E-state index is 14.4. The largest absolute Gasteiger partial charge is 0.401 e. The van der Waals surface area contributed by atoms with Gasteiger partial charge in [0.25, 0.3) is 11.8 Å². The van der Waals surface area contributed by atoms with Crippen molar-refractivity contribution >= 4 is 20.1 Å². The van der Waals surface area contributed by atoms with Crippen molar-refractivity contribution in [3.63, 3.8) is 0 Å². The summed E-state index contributed by atoms with van der Waals surface area (Å²) < 4.78 is 20.8. The van der Waals surface area contributed by atoms with E-state index in [1.54, 1.807) is 37.3 Å². The molecule has 0 spiro atoms. The molecule has 0 unspecified atom stereocenters. The Morgan fingerprint density at radius 2 is 1.76 bits per heavy atom. The van der Waals surface area contributed by atoms with E-state index >= 15 is 0 Å². The molecule has 1 aliphatic rings.